The van der Waals surface area contributed by atoms with Gasteiger partial charge in [-0.15, -0.1) is 0 Å². The molecule has 2 aromatic carbocycles. The van der Waals surface area contributed by atoms with Crippen LogP contribution in [-0.2, 0) is 39.1 Å². The molecule has 0 spiro atoms. The van der Waals surface area contributed by atoms with Gasteiger partial charge >= 0.3 is 0 Å². The number of benzene rings is 2. The number of carbonyl (C=O) groups is 1. The van der Waals surface area contributed by atoms with Crippen LogP contribution in [0.25, 0.3) is 0 Å². The van der Waals surface area contributed by atoms with E-state index in [9.17, 15) is 13.2 Å². The van der Waals surface area contributed by atoms with Crippen LogP contribution < -0.4 is 10.1 Å². The molecule has 4 rings (SSSR count). The van der Waals surface area contributed by atoms with Crippen LogP contribution in [0.5, 0.6) is 5.88 Å². The van der Waals surface area contributed by atoms with E-state index in [1.165, 1.54) is 4.31 Å². The Morgan fingerprint density at radius 3 is 2.46 bits per heavy atom. The van der Waals surface area contributed by atoms with E-state index in [0.29, 0.717) is 58.2 Å². The number of nitrogens with one attached hydrogen (secondary N) is 1. The lowest BCUT2D eigenvalue weighted by Gasteiger charge is -2.26. The third-order valence-electron chi connectivity index (χ3n) is 5.69. The van der Waals surface area contributed by atoms with Crippen molar-refractivity contribution in [2.75, 3.05) is 26.3 Å². The summed E-state index contributed by atoms with van der Waals surface area (Å²) >= 11 is 0. The molecule has 1 N–H and O–H groups in total. The van der Waals surface area contributed by atoms with Gasteiger partial charge in [0.25, 0.3) is 0 Å². The molecular weight excluding hydrogens is 466 g/mol. The lowest BCUT2D eigenvalue weighted by Crippen LogP contribution is -2.40. The van der Waals surface area contributed by atoms with Gasteiger partial charge in [-0.2, -0.15) is 4.31 Å². The molecule has 8 nitrogen and oxygen atoms in total. The normalized spacial score (nSPS) is 14.4. The fourth-order valence-electron chi connectivity index (χ4n) is 3.68. The van der Waals surface area contributed by atoms with Crippen molar-refractivity contribution < 1.29 is 22.7 Å². The standard InChI is InChI=1S/C26H29N3O5S/c30-25(28-19-23-12-13-27-26(18-23)34-20-22-4-2-1-3-5-22)11-8-21-6-9-24(10-7-21)35(31,32)29-14-16-33-17-15-29/h1-7,9-10,12-13,18H,8,11,14-17,19-20H2,(H,28,30). The predicted molar refractivity (Wildman–Crippen MR) is 131 cm³/mol. The van der Waals surface area contributed by atoms with E-state index < -0.39 is 10.0 Å². The van der Waals surface area contributed by atoms with Crippen molar-refractivity contribution in [1.29, 1.82) is 0 Å². The van der Waals surface area contributed by atoms with Crippen molar-refractivity contribution in [2.45, 2.75) is 30.9 Å². The maximum absolute atomic E-state index is 12.7. The number of amides is 1. The van der Waals surface area contributed by atoms with Crippen molar-refractivity contribution in [3.8, 4) is 5.88 Å². The summed E-state index contributed by atoms with van der Waals surface area (Å²) in [6.07, 6.45) is 2.48. The molecule has 2 heterocycles. The van der Waals surface area contributed by atoms with Gasteiger partial charge in [-0.3, -0.25) is 4.79 Å². The van der Waals surface area contributed by atoms with Gasteiger partial charge < -0.3 is 14.8 Å². The number of hydrogen-bond donors (Lipinski definition) is 1. The number of aryl methyl sites for hydroxylation is 1. The van der Waals surface area contributed by atoms with E-state index in [1.54, 1.807) is 30.5 Å². The molecule has 0 saturated carbocycles. The van der Waals surface area contributed by atoms with Gasteiger partial charge in [0.2, 0.25) is 21.8 Å². The topological polar surface area (TPSA) is 97.8 Å². The Balaban J connectivity index is 1.23. The first-order chi connectivity index (χ1) is 17.0. The monoisotopic (exact) mass is 495 g/mol. The number of rotatable bonds is 10. The molecule has 1 saturated heterocycles. The Morgan fingerprint density at radius 1 is 0.971 bits per heavy atom. The molecular formula is C26H29N3O5S. The fraction of sp³-hybridized carbons (Fsp3) is 0.308. The van der Waals surface area contributed by atoms with Gasteiger partial charge in [-0.25, -0.2) is 13.4 Å². The first-order valence-electron chi connectivity index (χ1n) is 11.6. The summed E-state index contributed by atoms with van der Waals surface area (Å²) in [4.78, 5) is 16.8. The van der Waals surface area contributed by atoms with E-state index in [2.05, 4.69) is 10.3 Å². The summed E-state index contributed by atoms with van der Waals surface area (Å²) in [5, 5.41) is 2.91. The van der Waals surface area contributed by atoms with Gasteiger partial charge in [-0.05, 0) is 41.3 Å². The molecule has 0 bridgehead atoms. The molecule has 35 heavy (non-hydrogen) atoms. The first kappa shape index (κ1) is 24.8. The highest BCUT2D eigenvalue weighted by molar-refractivity contribution is 7.89. The molecule has 184 valence electrons. The fourth-order valence-corrected chi connectivity index (χ4v) is 5.09. The Hall–Kier alpha value is -3.27. The van der Waals surface area contributed by atoms with Crippen LogP contribution in [0.3, 0.4) is 0 Å². The minimum Gasteiger partial charge on any atom is -0.473 e. The van der Waals surface area contributed by atoms with Crippen molar-refractivity contribution >= 4 is 15.9 Å². The van der Waals surface area contributed by atoms with Crippen LogP contribution in [0.4, 0.5) is 0 Å². The van der Waals surface area contributed by atoms with Crippen LogP contribution in [0.1, 0.15) is 23.1 Å². The number of morpholine rings is 1. The van der Waals surface area contributed by atoms with Crippen molar-refractivity contribution in [1.82, 2.24) is 14.6 Å². The minimum atomic E-state index is -3.51. The smallest absolute Gasteiger partial charge is 0.243 e. The van der Waals surface area contributed by atoms with E-state index in [1.807, 2.05) is 42.5 Å². The second-order valence-electron chi connectivity index (χ2n) is 8.21. The average molecular weight is 496 g/mol. The number of carbonyl (C=O) groups excluding carboxylic acids is 1. The number of nitrogens with zero attached hydrogens (tertiary/aromatic N) is 2. The highest BCUT2D eigenvalue weighted by Crippen LogP contribution is 2.18. The first-order valence-corrected chi connectivity index (χ1v) is 13.0. The lowest BCUT2D eigenvalue weighted by molar-refractivity contribution is -0.121. The zero-order valence-electron chi connectivity index (χ0n) is 19.4. The minimum absolute atomic E-state index is 0.0846. The average Bonchev–Trinajstić information content (AvgIpc) is 2.91. The highest BCUT2D eigenvalue weighted by atomic mass is 32.2. The van der Waals surface area contributed by atoms with Gasteiger partial charge in [0.05, 0.1) is 18.1 Å². The largest absolute Gasteiger partial charge is 0.473 e. The van der Waals surface area contributed by atoms with Crippen LogP contribution >= 0.6 is 0 Å². The molecule has 1 amide bonds. The second-order valence-corrected chi connectivity index (χ2v) is 10.2. The summed E-state index contributed by atoms with van der Waals surface area (Å²) in [6, 6.07) is 20.2. The number of aromatic nitrogens is 1. The molecule has 1 aromatic heterocycles. The molecule has 9 heteroatoms. The molecule has 3 aromatic rings. The molecule has 0 unspecified atom stereocenters. The Kier molecular flexibility index (Phi) is 8.46. The van der Waals surface area contributed by atoms with E-state index >= 15 is 0 Å². The maximum Gasteiger partial charge on any atom is 0.243 e. The van der Waals surface area contributed by atoms with Crippen molar-refractivity contribution in [3.63, 3.8) is 0 Å². The van der Waals surface area contributed by atoms with Crippen molar-refractivity contribution in [2.24, 2.45) is 0 Å². The predicted octanol–water partition coefficient (Wildman–Crippen LogP) is 2.93. The quantitative estimate of drug-likeness (QED) is 0.465. The van der Waals surface area contributed by atoms with Gasteiger partial charge in [-0.1, -0.05) is 42.5 Å². The Morgan fingerprint density at radius 2 is 1.71 bits per heavy atom. The lowest BCUT2D eigenvalue weighted by atomic mass is 10.1. The summed E-state index contributed by atoms with van der Waals surface area (Å²) in [5.41, 5.74) is 2.86. The molecule has 0 radical (unpaired) electrons. The molecule has 1 aliphatic rings. The number of pyridine rings is 1. The van der Waals surface area contributed by atoms with Gasteiger partial charge in [0.1, 0.15) is 6.61 Å². The van der Waals surface area contributed by atoms with Crippen molar-refractivity contribution in [3.05, 3.63) is 89.6 Å². The maximum atomic E-state index is 12.7. The van der Waals surface area contributed by atoms with Gasteiger partial charge in [0.15, 0.2) is 0 Å². The third kappa shape index (κ3) is 7.11. The zero-order valence-corrected chi connectivity index (χ0v) is 20.2. The SMILES string of the molecule is O=C(CCc1ccc(S(=O)(=O)N2CCOCC2)cc1)NCc1ccnc(OCc2ccccc2)c1. The molecule has 0 atom stereocenters. The third-order valence-corrected chi connectivity index (χ3v) is 7.60. The van der Waals surface area contributed by atoms with Gasteiger partial charge in [0, 0.05) is 38.3 Å². The van der Waals surface area contributed by atoms with Crippen LogP contribution in [0.15, 0.2) is 77.8 Å². The highest BCUT2D eigenvalue weighted by Gasteiger charge is 2.26. The van der Waals surface area contributed by atoms with E-state index in [-0.39, 0.29) is 10.8 Å². The van der Waals surface area contributed by atoms with Crippen LogP contribution in [-0.4, -0.2) is 49.9 Å². The summed E-state index contributed by atoms with van der Waals surface area (Å²) in [7, 11) is -3.51. The Labute approximate surface area is 206 Å². The summed E-state index contributed by atoms with van der Waals surface area (Å²) in [5.74, 6) is 0.423. The number of ether oxygens (including phenoxy) is 2. The summed E-state index contributed by atoms with van der Waals surface area (Å²) < 4.78 is 37.8. The van der Waals surface area contributed by atoms with E-state index in [4.69, 9.17) is 9.47 Å². The zero-order chi connectivity index (χ0) is 24.5. The Bertz CT molecular complexity index is 1210. The van der Waals surface area contributed by atoms with Crippen LogP contribution in [0, 0.1) is 0 Å². The summed E-state index contributed by atoms with van der Waals surface area (Å²) in [6.45, 7) is 2.35. The molecule has 1 fully saturated rings. The molecule has 1 aliphatic heterocycles. The number of hydrogen-bond acceptors (Lipinski definition) is 6. The number of sulfonamides is 1. The van der Waals surface area contributed by atoms with Crippen LogP contribution in [0.2, 0.25) is 0 Å². The molecule has 0 aliphatic carbocycles. The van der Waals surface area contributed by atoms with E-state index in [0.717, 1.165) is 16.7 Å². The second kappa shape index (κ2) is 11.9.